The molecule has 0 fully saturated rings. The maximum Gasteiger partial charge on any atom is 0.167 e. The summed E-state index contributed by atoms with van der Waals surface area (Å²) in [6.45, 7) is 0. The Hall–Kier alpha value is -1.11. The van der Waals surface area contributed by atoms with Gasteiger partial charge in [0.05, 0.1) is 11.1 Å². The molecule has 0 unspecified atom stereocenters. The average molecular weight is 434 g/mol. The van der Waals surface area contributed by atoms with Crippen LogP contribution in [-0.2, 0) is 0 Å². The SMILES string of the molecule is Fc1cccc(F)c1-c1nc(Cl)c2cc(Br)cc(Br)c2n1. The van der Waals surface area contributed by atoms with Gasteiger partial charge in [-0.05, 0) is 40.2 Å². The minimum atomic E-state index is -0.737. The Morgan fingerprint density at radius 2 is 1.67 bits per heavy atom. The Kier molecular flexibility index (Phi) is 3.94. The summed E-state index contributed by atoms with van der Waals surface area (Å²) in [6, 6.07) is 7.09. The van der Waals surface area contributed by atoms with Crippen LogP contribution in [0.1, 0.15) is 0 Å². The van der Waals surface area contributed by atoms with Crippen LogP contribution in [-0.4, -0.2) is 9.97 Å². The molecule has 0 radical (unpaired) electrons. The van der Waals surface area contributed by atoms with Gasteiger partial charge in [-0.15, -0.1) is 0 Å². The molecule has 0 saturated carbocycles. The lowest BCUT2D eigenvalue weighted by atomic mass is 10.1. The summed E-state index contributed by atoms with van der Waals surface area (Å²) in [7, 11) is 0. The number of rotatable bonds is 1. The predicted molar refractivity (Wildman–Crippen MR) is 85.3 cm³/mol. The molecule has 0 spiro atoms. The van der Waals surface area contributed by atoms with Gasteiger partial charge in [0.1, 0.15) is 16.8 Å². The molecule has 3 rings (SSSR count). The van der Waals surface area contributed by atoms with Crippen LogP contribution in [0.2, 0.25) is 5.15 Å². The molecule has 0 aliphatic carbocycles. The number of fused-ring (bicyclic) bond motifs is 1. The molecule has 0 N–H and O–H groups in total. The highest BCUT2D eigenvalue weighted by Crippen LogP contribution is 2.33. The van der Waals surface area contributed by atoms with Crippen molar-refractivity contribution in [2.45, 2.75) is 0 Å². The van der Waals surface area contributed by atoms with Crippen LogP contribution < -0.4 is 0 Å². The first-order chi connectivity index (χ1) is 9.97. The van der Waals surface area contributed by atoms with E-state index in [0.717, 1.165) is 16.6 Å². The van der Waals surface area contributed by atoms with Gasteiger partial charge >= 0.3 is 0 Å². The first kappa shape index (κ1) is 14.8. The maximum atomic E-state index is 13.9. The van der Waals surface area contributed by atoms with Crippen molar-refractivity contribution in [2.75, 3.05) is 0 Å². The number of aromatic nitrogens is 2. The zero-order valence-electron chi connectivity index (χ0n) is 10.2. The highest BCUT2D eigenvalue weighted by molar-refractivity contribution is 9.11. The van der Waals surface area contributed by atoms with Crippen LogP contribution in [0, 0.1) is 11.6 Å². The average Bonchev–Trinajstić information content (AvgIpc) is 2.40. The second-order valence-corrected chi connectivity index (χ2v) is 6.35. The lowest BCUT2D eigenvalue weighted by Gasteiger charge is -2.08. The fraction of sp³-hybridized carbons (Fsp3) is 0. The number of hydrogen-bond acceptors (Lipinski definition) is 2. The summed E-state index contributed by atoms with van der Waals surface area (Å²) in [6.07, 6.45) is 0. The summed E-state index contributed by atoms with van der Waals surface area (Å²) in [5.41, 5.74) is 0.187. The first-order valence-electron chi connectivity index (χ1n) is 5.74. The van der Waals surface area contributed by atoms with Crippen molar-refractivity contribution >= 4 is 54.4 Å². The van der Waals surface area contributed by atoms with Crippen LogP contribution in [0.5, 0.6) is 0 Å². The Morgan fingerprint density at radius 1 is 1.00 bits per heavy atom. The van der Waals surface area contributed by atoms with Gasteiger partial charge in [-0.2, -0.15) is 0 Å². The van der Waals surface area contributed by atoms with Crippen LogP contribution >= 0.6 is 43.5 Å². The van der Waals surface area contributed by atoms with Gasteiger partial charge in [-0.3, -0.25) is 0 Å². The van der Waals surface area contributed by atoms with Crippen molar-refractivity contribution in [3.63, 3.8) is 0 Å². The zero-order valence-corrected chi connectivity index (χ0v) is 14.1. The number of halogens is 5. The highest BCUT2D eigenvalue weighted by Gasteiger charge is 2.17. The van der Waals surface area contributed by atoms with Crippen molar-refractivity contribution < 1.29 is 8.78 Å². The third-order valence-electron chi connectivity index (χ3n) is 2.86. The molecule has 1 aromatic heterocycles. The Bertz CT molecular complexity index is 851. The minimum Gasteiger partial charge on any atom is -0.226 e. The van der Waals surface area contributed by atoms with E-state index in [1.807, 2.05) is 0 Å². The Balaban J connectivity index is 2.36. The van der Waals surface area contributed by atoms with Gasteiger partial charge in [0, 0.05) is 14.3 Å². The van der Waals surface area contributed by atoms with Gasteiger partial charge in [-0.1, -0.05) is 33.6 Å². The molecule has 106 valence electrons. The van der Waals surface area contributed by atoms with Gasteiger partial charge < -0.3 is 0 Å². The molecule has 1 heterocycles. The fourth-order valence-electron chi connectivity index (χ4n) is 1.94. The van der Waals surface area contributed by atoms with Crippen LogP contribution in [0.4, 0.5) is 8.78 Å². The van der Waals surface area contributed by atoms with Gasteiger partial charge in [0.15, 0.2) is 5.82 Å². The molecule has 2 aromatic carbocycles. The largest absolute Gasteiger partial charge is 0.226 e. The van der Waals surface area contributed by atoms with Crippen molar-refractivity contribution in [1.82, 2.24) is 9.97 Å². The van der Waals surface area contributed by atoms with Gasteiger partial charge in [0.2, 0.25) is 0 Å². The second kappa shape index (κ2) is 5.59. The van der Waals surface area contributed by atoms with Gasteiger partial charge in [-0.25, -0.2) is 18.7 Å². The summed E-state index contributed by atoms with van der Waals surface area (Å²) >= 11 is 12.8. The second-order valence-electron chi connectivity index (χ2n) is 4.22. The minimum absolute atomic E-state index is 0.0916. The molecular formula is C14H5Br2ClF2N2. The van der Waals surface area contributed by atoms with E-state index in [-0.39, 0.29) is 16.5 Å². The highest BCUT2D eigenvalue weighted by atomic mass is 79.9. The Labute approximate surface area is 140 Å². The normalized spacial score (nSPS) is 11.1. The molecular weight excluding hydrogens is 429 g/mol. The van der Waals surface area contributed by atoms with E-state index in [1.165, 1.54) is 6.07 Å². The van der Waals surface area contributed by atoms with E-state index in [9.17, 15) is 8.78 Å². The molecule has 0 atom stereocenters. The van der Waals surface area contributed by atoms with Crippen LogP contribution in [0.25, 0.3) is 22.3 Å². The first-order valence-corrected chi connectivity index (χ1v) is 7.70. The van der Waals surface area contributed by atoms with E-state index >= 15 is 0 Å². The Morgan fingerprint density at radius 3 is 2.33 bits per heavy atom. The molecule has 21 heavy (non-hydrogen) atoms. The molecule has 2 nitrogen and oxygen atoms in total. The standard InChI is InChI=1S/C14H5Br2ClF2N2/c15-6-4-7-12(8(16)5-6)20-14(21-13(7)17)11-9(18)2-1-3-10(11)19/h1-5H. The number of nitrogens with zero attached hydrogens (tertiary/aromatic N) is 2. The number of benzene rings is 2. The summed E-state index contributed by atoms with van der Waals surface area (Å²) in [5, 5.41) is 0.707. The monoisotopic (exact) mass is 432 g/mol. The van der Waals surface area contributed by atoms with E-state index < -0.39 is 11.6 Å². The van der Waals surface area contributed by atoms with Crippen molar-refractivity contribution in [3.05, 3.63) is 56.1 Å². The van der Waals surface area contributed by atoms with Crippen molar-refractivity contribution in [2.24, 2.45) is 0 Å². The smallest absolute Gasteiger partial charge is 0.167 e. The molecule has 3 aromatic rings. The molecule has 0 aliphatic rings. The third-order valence-corrected chi connectivity index (χ3v) is 4.21. The van der Waals surface area contributed by atoms with Crippen LogP contribution in [0.15, 0.2) is 39.3 Å². The van der Waals surface area contributed by atoms with Crippen molar-refractivity contribution in [3.8, 4) is 11.4 Å². The predicted octanol–water partition coefficient (Wildman–Crippen LogP) is 5.75. The molecule has 0 aliphatic heterocycles. The summed E-state index contributed by atoms with van der Waals surface area (Å²) in [5.74, 6) is -1.57. The molecule has 0 amide bonds. The molecule has 0 bridgehead atoms. The number of hydrogen-bond donors (Lipinski definition) is 0. The topological polar surface area (TPSA) is 25.8 Å². The quantitative estimate of drug-likeness (QED) is 0.456. The summed E-state index contributed by atoms with van der Waals surface area (Å²) < 4.78 is 29.1. The van der Waals surface area contributed by atoms with E-state index in [4.69, 9.17) is 11.6 Å². The molecule has 0 saturated heterocycles. The summed E-state index contributed by atoms with van der Waals surface area (Å²) in [4.78, 5) is 8.23. The van der Waals surface area contributed by atoms with Crippen LogP contribution in [0.3, 0.4) is 0 Å². The zero-order chi connectivity index (χ0) is 15.1. The maximum absolute atomic E-state index is 13.9. The third kappa shape index (κ3) is 2.67. The lowest BCUT2D eigenvalue weighted by molar-refractivity contribution is 0.587. The lowest BCUT2D eigenvalue weighted by Crippen LogP contribution is -1.97. The van der Waals surface area contributed by atoms with E-state index in [1.54, 1.807) is 12.1 Å². The van der Waals surface area contributed by atoms with Gasteiger partial charge in [0.25, 0.3) is 0 Å². The van der Waals surface area contributed by atoms with E-state index in [2.05, 4.69) is 41.8 Å². The molecule has 7 heteroatoms. The fourth-order valence-corrected chi connectivity index (χ4v) is 3.48. The van der Waals surface area contributed by atoms with E-state index in [0.29, 0.717) is 15.4 Å². The van der Waals surface area contributed by atoms with Crippen molar-refractivity contribution in [1.29, 1.82) is 0 Å².